The standard InChI is InChI=1S/C13H18N4OS/c1-10-11(8-15-16(10)2)12(18)17-6-4-13(9-14,19-3)5-7-17/h8H,4-7H2,1-3H3. The molecule has 0 saturated carbocycles. The van der Waals surface area contributed by atoms with Crippen LogP contribution in [0.2, 0.25) is 0 Å². The van der Waals surface area contributed by atoms with Gasteiger partial charge in [0, 0.05) is 25.8 Å². The lowest BCUT2D eigenvalue weighted by Crippen LogP contribution is -2.44. The normalized spacial score (nSPS) is 18.1. The molecular weight excluding hydrogens is 260 g/mol. The molecule has 102 valence electrons. The van der Waals surface area contributed by atoms with E-state index in [0.29, 0.717) is 18.7 Å². The highest BCUT2D eigenvalue weighted by Gasteiger charge is 2.36. The first-order chi connectivity index (χ1) is 9.03. The van der Waals surface area contributed by atoms with Crippen LogP contribution in [0.4, 0.5) is 0 Å². The number of nitriles is 1. The number of aromatic nitrogens is 2. The Morgan fingerprint density at radius 2 is 2.16 bits per heavy atom. The molecule has 0 unspecified atom stereocenters. The van der Waals surface area contributed by atoms with Crippen molar-refractivity contribution in [2.75, 3.05) is 19.3 Å². The first-order valence-electron chi connectivity index (χ1n) is 6.27. The van der Waals surface area contributed by atoms with Gasteiger partial charge in [-0.1, -0.05) is 0 Å². The van der Waals surface area contributed by atoms with Crippen LogP contribution in [-0.2, 0) is 7.05 Å². The maximum Gasteiger partial charge on any atom is 0.257 e. The number of likely N-dealkylation sites (tertiary alicyclic amines) is 1. The van der Waals surface area contributed by atoms with Crippen molar-refractivity contribution in [3.8, 4) is 6.07 Å². The molecule has 0 radical (unpaired) electrons. The van der Waals surface area contributed by atoms with Crippen molar-refractivity contribution >= 4 is 17.7 Å². The number of rotatable bonds is 2. The van der Waals surface area contributed by atoms with Crippen LogP contribution in [0, 0.1) is 18.3 Å². The lowest BCUT2D eigenvalue weighted by Gasteiger charge is -2.36. The zero-order chi connectivity index (χ0) is 14.0. The summed E-state index contributed by atoms with van der Waals surface area (Å²) in [5, 5.41) is 13.3. The van der Waals surface area contributed by atoms with Gasteiger partial charge in [0.1, 0.15) is 4.75 Å². The molecule has 0 bridgehead atoms. The summed E-state index contributed by atoms with van der Waals surface area (Å²) in [6.45, 7) is 3.18. The maximum atomic E-state index is 12.4. The van der Waals surface area contributed by atoms with Crippen LogP contribution in [0.3, 0.4) is 0 Å². The zero-order valence-electron chi connectivity index (χ0n) is 11.5. The summed E-state index contributed by atoms with van der Waals surface area (Å²) in [5.74, 6) is 0.0262. The zero-order valence-corrected chi connectivity index (χ0v) is 12.3. The topological polar surface area (TPSA) is 61.9 Å². The average molecular weight is 278 g/mol. The molecule has 1 saturated heterocycles. The quantitative estimate of drug-likeness (QED) is 0.824. The minimum absolute atomic E-state index is 0.0262. The number of hydrogen-bond acceptors (Lipinski definition) is 4. The van der Waals surface area contributed by atoms with Gasteiger partial charge in [-0.3, -0.25) is 9.48 Å². The van der Waals surface area contributed by atoms with Crippen molar-refractivity contribution in [2.45, 2.75) is 24.5 Å². The van der Waals surface area contributed by atoms with E-state index in [1.807, 2.05) is 25.1 Å². The van der Waals surface area contributed by atoms with Crippen LogP contribution in [0.15, 0.2) is 6.20 Å². The maximum absolute atomic E-state index is 12.4. The molecule has 2 heterocycles. The molecule has 0 atom stereocenters. The van der Waals surface area contributed by atoms with Crippen LogP contribution in [0.25, 0.3) is 0 Å². The van der Waals surface area contributed by atoms with Gasteiger partial charge in [-0.2, -0.15) is 10.4 Å². The van der Waals surface area contributed by atoms with Crippen LogP contribution < -0.4 is 0 Å². The molecule has 0 spiro atoms. The Kier molecular flexibility index (Phi) is 3.85. The number of piperidine rings is 1. The van der Waals surface area contributed by atoms with Crippen LogP contribution in [-0.4, -0.2) is 44.7 Å². The third-order valence-corrected chi connectivity index (χ3v) is 5.20. The van der Waals surface area contributed by atoms with Gasteiger partial charge in [0.25, 0.3) is 5.91 Å². The summed E-state index contributed by atoms with van der Waals surface area (Å²) in [7, 11) is 1.83. The molecular formula is C13H18N4OS. The minimum Gasteiger partial charge on any atom is -0.338 e. The van der Waals surface area contributed by atoms with E-state index in [2.05, 4.69) is 11.2 Å². The van der Waals surface area contributed by atoms with Crippen LogP contribution in [0.5, 0.6) is 0 Å². The minimum atomic E-state index is -0.319. The number of carbonyl (C=O) groups is 1. The highest BCUT2D eigenvalue weighted by molar-refractivity contribution is 8.00. The van der Waals surface area contributed by atoms with Crippen molar-refractivity contribution < 1.29 is 4.79 Å². The lowest BCUT2D eigenvalue weighted by atomic mass is 9.97. The number of hydrogen-bond donors (Lipinski definition) is 0. The molecule has 1 aromatic heterocycles. The average Bonchev–Trinajstić information content (AvgIpc) is 2.78. The molecule has 1 aliphatic heterocycles. The van der Waals surface area contributed by atoms with E-state index in [-0.39, 0.29) is 10.7 Å². The molecule has 1 fully saturated rings. The van der Waals surface area contributed by atoms with E-state index < -0.39 is 0 Å². The molecule has 5 nitrogen and oxygen atoms in total. The van der Waals surface area contributed by atoms with Gasteiger partial charge in [0.05, 0.1) is 17.8 Å². The Balaban J connectivity index is 2.08. The summed E-state index contributed by atoms with van der Waals surface area (Å²) in [6.07, 6.45) is 5.05. The smallest absolute Gasteiger partial charge is 0.257 e. The van der Waals surface area contributed by atoms with Crippen LogP contribution in [0.1, 0.15) is 28.9 Å². The Bertz CT molecular complexity index is 523. The Morgan fingerprint density at radius 3 is 2.58 bits per heavy atom. The number of nitrogens with zero attached hydrogens (tertiary/aromatic N) is 4. The van der Waals surface area contributed by atoms with Gasteiger partial charge >= 0.3 is 0 Å². The Labute approximate surface area is 117 Å². The molecule has 0 N–H and O–H groups in total. The summed E-state index contributed by atoms with van der Waals surface area (Å²) < 4.78 is 1.39. The van der Waals surface area contributed by atoms with Crippen LogP contribution >= 0.6 is 11.8 Å². The fourth-order valence-electron chi connectivity index (χ4n) is 2.31. The van der Waals surface area contributed by atoms with Gasteiger partial charge in [-0.05, 0) is 26.0 Å². The van der Waals surface area contributed by atoms with Gasteiger partial charge in [-0.15, -0.1) is 11.8 Å². The summed E-state index contributed by atoms with van der Waals surface area (Å²) in [6, 6.07) is 2.39. The third kappa shape index (κ3) is 2.47. The lowest BCUT2D eigenvalue weighted by molar-refractivity contribution is 0.0715. The molecule has 0 aromatic carbocycles. The summed E-state index contributed by atoms with van der Waals surface area (Å²) in [4.78, 5) is 14.2. The fourth-order valence-corrected chi connectivity index (χ4v) is 2.99. The predicted molar refractivity (Wildman–Crippen MR) is 74.9 cm³/mol. The summed E-state index contributed by atoms with van der Waals surface area (Å²) >= 11 is 1.59. The monoisotopic (exact) mass is 278 g/mol. The highest BCUT2D eigenvalue weighted by Crippen LogP contribution is 2.34. The summed E-state index contributed by atoms with van der Waals surface area (Å²) in [5.41, 5.74) is 1.54. The third-order valence-electron chi connectivity index (χ3n) is 3.92. The van der Waals surface area contributed by atoms with E-state index in [4.69, 9.17) is 0 Å². The molecule has 2 rings (SSSR count). The van der Waals surface area contributed by atoms with Gasteiger partial charge in [-0.25, -0.2) is 0 Å². The second-order valence-corrected chi connectivity index (χ2v) is 6.06. The van der Waals surface area contributed by atoms with Crippen molar-refractivity contribution in [1.82, 2.24) is 14.7 Å². The Morgan fingerprint density at radius 1 is 1.53 bits per heavy atom. The molecule has 1 aromatic rings. The van der Waals surface area contributed by atoms with E-state index in [9.17, 15) is 10.1 Å². The first kappa shape index (κ1) is 13.9. The van der Waals surface area contributed by atoms with Gasteiger partial charge in [0.2, 0.25) is 0 Å². The second kappa shape index (κ2) is 5.25. The van der Waals surface area contributed by atoms with Gasteiger partial charge < -0.3 is 4.90 Å². The highest BCUT2D eigenvalue weighted by atomic mass is 32.2. The number of carbonyl (C=O) groups excluding carboxylic acids is 1. The van der Waals surface area contributed by atoms with E-state index in [1.54, 1.807) is 22.6 Å². The number of aryl methyl sites for hydroxylation is 1. The molecule has 0 aliphatic carbocycles. The van der Waals surface area contributed by atoms with E-state index >= 15 is 0 Å². The number of thioether (sulfide) groups is 1. The van der Waals surface area contributed by atoms with E-state index in [1.165, 1.54) is 0 Å². The fraction of sp³-hybridized carbons (Fsp3) is 0.615. The molecule has 19 heavy (non-hydrogen) atoms. The second-order valence-electron chi connectivity index (χ2n) is 4.87. The van der Waals surface area contributed by atoms with Crippen molar-refractivity contribution in [2.24, 2.45) is 7.05 Å². The molecule has 6 heteroatoms. The first-order valence-corrected chi connectivity index (χ1v) is 7.50. The molecule has 1 aliphatic rings. The predicted octanol–water partition coefficient (Wildman–Crippen LogP) is 1.59. The van der Waals surface area contributed by atoms with E-state index in [0.717, 1.165) is 18.5 Å². The molecule has 1 amide bonds. The van der Waals surface area contributed by atoms with Crippen molar-refractivity contribution in [1.29, 1.82) is 5.26 Å². The largest absolute Gasteiger partial charge is 0.338 e. The van der Waals surface area contributed by atoms with Crippen molar-refractivity contribution in [3.63, 3.8) is 0 Å². The van der Waals surface area contributed by atoms with Crippen molar-refractivity contribution in [3.05, 3.63) is 17.5 Å². The Hall–Kier alpha value is -1.48. The SMILES string of the molecule is CSC1(C#N)CCN(C(=O)c2cnn(C)c2C)CC1. The number of amides is 1. The van der Waals surface area contributed by atoms with Gasteiger partial charge in [0.15, 0.2) is 0 Å².